The van der Waals surface area contributed by atoms with Crippen molar-refractivity contribution in [1.82, 2.24) is 10.6 Å². The van der Waals surface area contributed by atoms with Gasteiger partial charge in [-0.3, -0.25) is 4.99 Å². The van der Waals surface area contributed by atoms with Crippen molar-refractivity contribution >= 4 is 29.9 Å². The van der Waals surface area contributed by atoms with Crippen molar-refractivity contribution < 1.29 is 4.42 Å². The summed E-state index contributed by atoms with van der Waals surface area (Å²) in [5.41, 5.74) is 0. The number of rotatable bonds is 7. The largest absolute Gasteiger partial charge is 0.469 e. The van der Waals surface area contributed by atoms with E-state index in [2.05, 4.69) is 17.2 Å². The molecule has 0 spiro atoms. The van der Waals surface area contributed by atoms with Gasteiger partial charge in [-0.1, -0.05) is 25.3 Å². The number of nitrogens with zero attached hydrogens (tertiary/aromatic N) is 1. The molecule has 2 N–H and O–H groups in total. The Bertz CT molecular complexity index is 425. The molecule has 0 saturated heterocycles. The highest BCUT2D eigenvalue weighted by molar-refractivity contribution is 14.0. The average Bonchev–Trinajstić information content (AvgIpc) is 3.04. The number of hydrogen-bond donors (Lipinski definition) is 2. The normalized spacial score (nSPS) is 15.9. The maximum atomic E-state index is 5.34. The summed E-state index contributed by atoms with van der Waals surface area (Å²) < 4.78 is 5.34. The Morgan fingerprint density at radius 1 is 1.32 bits per heavy atom. The summed E-state index contributed by atoms with van der Waals surface area (Å²) in [4.78, 5) is 4.72. The van der Waals surface area contributed by atoms with Crippen LogP contribution in [0.2, 0.25) is 0 Å². The SMILES string of the molecule is C=CCNC(=NCC1CCCCC1)NCCc1ccco1.I. The van der Waals surface area contributed by atoms with E-state index < -0.39 is 0 Å². The highest BCUT2D eigenvalue weighted by Gasteiger charge is 2.12. The molecule has 1 aliphatic rings. The summed E-state index contributed by atoms with van der Waals surface area (Å²) in [7, 11) is 0. The third kappa shape index (κ3) is 7.33. The molecule has 1 aromatic rings. The Morgan fingerprint density at radius 3 is 2.82 bits per heavy atom. The second-order valence-electron chi connectivity index (χ2n) is 5.62. The molecule has 1 aliphatic carbocycles. The molecule has 2 rings (SSSR count). The minimum Gasteiger partial charge on any atom is -0.469 e. The highest BCUT2D eigenvalue weighted by Crippen LogP contribution is 2.23. The molecule has 0 unspecified atom stereocenters. The molecule has 1 fully saturated rings. The molecule has 0 aromatic carbocycles. The van der Waals surface area contributed by atoms with Gasteiger partial charge in [-0.15, -0.1) is 30.6 Å². The van der Waals surface area contributed by atoms with Gasteiger partial charge in [0, 0.05) is 26.1 Å². The fraction of sp³-hybridized carbons (Fsp3) is 0.588. The Labute approximate surface area is 150 Å². The van der Waals surface area contributed by atoms with Crippen molar-refractivity contribution in [2.45, 2.75) is 38.5 Å². The van der Waals surface area contributed by atoms with Crippen LogP contribution in [0.1, 0.15) is 37.9 Å². The first-order valence-corrected chi connectivity index (χ1v) is 8.04. The van der Waals surface area contributed by atoms with E-state index in [0.29, 0.717) is 0 Å². The van der Waals surface area contributed by atoms with Crippen LogP contribution < -0.4 is 10.6 Å². The van der Waals surface area contributed by atoms with Gasteiger partial charge in [0.05, 0.1) is 6.26 Å². The fourth-order valence-electron chi connectivity index (χ4n) is 2.69. The molecular formula is C17H28IN3O. The molecule has 22 heavy (non-hydrogen) atoms. The molecule has 0 radical (unpaired) electrons. The van der Waals surface area contributed by atoms with Gasteiger partial charge in [-0.2, -0.15) is 0 Å². The van der Waals surface area contributed by atoms with E-state index in [4.69, 9.17) is 9.41 Å². The second kappa shape index (κ2) is 11.6. The van der Waals surface area contributed by atoms with E-state index in [1.54, 1.807) is 6.26 Å². The molecule has 1 aromatic heterocycles. The van der Waals surface area contributed by atoms with E-state index in [9.17, 15) is 0 Å². The monoisotopic (exact) mass is 417 g/mol. The lowest BCUT2D eigenvalue weighted by molar-refractivity contribution is 0.366. The molecule has 0 aliphatic heterocycles. The first-order chi connectivity index (χ1) is 10.4. The molecule has 0 amide bonds. The molecule has 1 heterocycles. The molecular weight excluding hydrogens is 389 g/mol. The lowest BCUT2D eigenvalue weighted by Crippen LogP contribution is -2.39. The summed E-state index contributed by atoms with van der Waals surface area (Å²) in [6, 6.07) is 3.92. The summed E-state index contributed by atoms with van der Waals surface area (Å²) in [5.74, 6) is 2.64. The van der Waals surface area contributed by atoms with Gasteiger partial charge in [0.25, 0.3) is 0 Å². The van der Waals surface area contributed by atoms with E-state index in [1.165, 1.54) is 32.1 Å². The lowest BCUT2D eigenvalue weighted by Gasteiger charge is -2.20. The topological polar surface area (TPSA) is 49.6 Å². The summed E-state index contributed by atoms with van der Waals surface area (Å²) in [5, 5.41) is 6.64. The molecule has 124 valence electrons. The number of furan rings is 1. The predicted octanol–water partition coefficient (Wildman–Crippen LogP) is 3.74. The number of hydrogen-bond acceptors (Lipinski definition) is 2. The van der Waals surface area contributed by atoms with E-state index >= 15 is 0 Å². The van der Waals surface area contributed by atoms with Crippen molar-refractivity contribution in [3.63, 3.8) is 0 Å². The van der Waals surface area contributed by atoms with Gasteiger partial charge in [-0.25, -0.2) is 0 Å². The maximum Gasteiger partial charge on any atom is 0.191 e. The van der Waals surface area contributed by atoms with Crippen molar-refractivity contribution in [1.29, 1.82) is 0 Å². The molecule has 1 saturated carbocycles. The number of guanidine groups is 1. The molecule has 0 atom stereocenters. The summed E-state index contributed by atoms with van der Waals surface area (Å²) in [6.45, 7) is 6.22. The van der Waals surface area contributed by atoms with Gasteiger partial charge < -0.3 is 15.1 Å². The standard InChI is InChI=1S/C17H27N3O.HI/c1-2-11-18-17(19-12-10-16-9-6-13-21-16)20-14-15-7-4-3-5-8-15;/h2,6,9,13,15H,1,3-5,7-8,10-12,14H2,(H2,18,19,20);1H. The zero-order valence-electron chi connectivity index (χ0n) is 13.2. The molecule has 4 nitrogen and oxygen atoms in total. The van der Waals surface area contributed by atoms with Crippen LogP contribution in [0.3, 0.4) is 0 Å². The first-order valence-electron chi connectivity index (χ1n) is 8.04. The third-order valence-corrected chi connectivity index (χ3v) is 3.89. The van der Waals surface area contributed by atoms with Crippen LogP contribution in [0.25, 0.3) is 0 Å². The van der Waals surface area contributed by atoms with Crippen LogP contribution in [-0.4, -0.2) is 25.6 Å². The van der Waals surface area contributed by atoms with Gasteiger partial charge in [0.15, 0.2) is 5.96 Å². The Balaban J connectivity index is 0.00000242. The Morgan fingerprint density at radius 2 is 2.14 bits per heavy atom. The molecule has 0 bridgehead atoms. The Hall–Kier alpha value is -0.980. The van der Waals surface area contributed by atoms with Crippen LogP contribution in [0.15, 0.2) is 40.5 Å². The minimum absolute atomic E-state index is 0. The zero-order valence-corrected chi connectivity index (χ0v) is 15.6. The maximum absolute atomic E-state index is 5.34. The van der Waals surface area contributed by atoms with E-state index in [0.717, 1.165) is 43.7 Å². The Kier molecular flexibility index (Phi) is 10.0. The van der Waals surface area contributed by atoms with Crippen LogP contribution in [-0.2, 0) is 6.42 Å². The van der Waals surface area contributed by atoms with Crippen LogP contribution >= 0.6 is 24.0 Å². The van der Waals surface area contributed by atoms with Gasteiger partial charge in [0.2, 0.25) is 0 Å². The fourth-order valence-corrected chi connectivity index (χ4v) is 2.69. The predicted molar refractivity (Wildman–Crippen MR) is 103 cm³/mol. The van der Waals surface area contributed by atoms with Crippen LogP contribution in [0.5, 0.6) is 0 Å². The number of aliphatic imine (C=N–C) groups is 1. The van der Waals surface area contributed by atoms with Crippen molar-refractivity contribution in [3.05, 3.63) is 36.8 Å². The summed E-state index contributed by atoms with van der Waals surface area (Å²) in [6.07, 6.45) is 11.2. The lowest BCUT2D eigenvalue weighted by atomic mass is 9.89. The van der Waals surface area contributed by atoms with Crippen molar-refractivity contribution in [2.75, 3.05) is 19.6 Å². The smallest absolute Gasteiger partial charge is 0.191 e. The van der Waals surface area contributed by atoms with Crippen LogP contribution in [0, 0.1) is 5.92 Å². The average molecular weight is 417 g/mol. The van der Waals surface area contributed by atoms with Gasteiger partial charge >= 0.3 is 0 Å². The third-order valence-electron chi connectivity index (χ3n) is 3.89. The van der Waals surface area contributed by atoms with E-state index in [1.807, 2.05) is 18.2 Å². The zero-order chi connectivity index (χ0) is 14.8. The van der Waals surface area contributed by atoms with Gasteiger partial charge in [0.1, 0.15) is 5.76 Å². The number of halogens is 1. The number of nitrogens with one attached hydrogen (secondary N) is 2. The highest BCUT2D eigenvalue weighted by atomic mass is 127. The minimum atomic E-state index is 0. The molecule has 5 heteroatoms. The van der Waals surface area contributed by atoms with Crippen LogP contribution in [0.4, 0.5) is 0 Å². The van der Waals surface area contributed by atoms with Crippen molar-refractivity contribution in [2.24, 2.45) is 10.9 Å². The van der Waals surface area contributed by atoms with Crippen molar-refractivity contribution in [3.8, 4) is 0 Å². The van der Waals surface area contributed by atoms with Gasteiger partial charge in [-0.05, 0) is 30.9 Å². The quantitative estimate of drug-likeness (QED) is 0.308. The second-order valence-corrected chi connectivity index (χ2v) is 5.62. The first kappa shape index (κ1) is 19.1. The van der Waals surface area contributed by atoms with E-state index in [-0.39, 0.29) is 24.0 Å². The summed E-state index contributed by atoms with van der Waals surface area (Å²) >= 11 is 0.